The second kappa shape index (κ2) is 7.27. The Bertz CT molecular complexity index is 625. The molecule has 118 valence electrons. The molecule has 1 amide bonds. The minimum Gasteiger partial charge on any atom is -0.384 e. The Balaban J connectivity index is 1.89. The zero-order chi connectivity index (χ0) is 16.2. The SMILES string of the molecule is CC(Cc1cccc(Cl)c1)C(=O)NCC(C)(O)c1ccsc1. The highest BCUT2D eigenvalue weighted by atomic mass is 35.5. The van der Waals surface area contributed by atoms with Crippen LogP contribution in [-0.2, 0) is 16.8 Å². The number of hydrogen-bond acceptors (Lipinski definition) is 3. The monoisotopic (exact) mass is 337 g/mol. The third-order valence-corrected chi connectivity index (χ3v) is 4.55. The van der Waals surface area contributed by atoms with Crippen molar-refractivity contribution in [3.8, 4) is 0 Å². The maximum Gasteiger partial charge on any atom is 0.223 e. The van der Waals surface area contributed by atoms with Gasteiger partial charge in [-0.2, -0.15) is 11.3 Å². The molecule has 0 spiro atoms. The maximum absolute atomic E-state index is 12.2. The molecule has 0 aliphatic heterocycles. The van der Waals surface area contributed by atoms with Gasteiger partial charge in [-0.25, -0.2) is 0 Å². The number of thiophene rings is 1. The predicted octanol–water partition coefficient (Wildman–Crippen LogP) is 3.60. The van der Waals surface area contributed by atoms with Crippen molar-refractivity contribution in [1.82, 2.24) is 5.32 Å². The van der Waals surface area contributed by atoms with E-state index in [4.69, 9.17) is 11.6 Å². The summed E-state index contributed by atoms with van der Waals surface area (Å²) in [5.41, 5.74) is 0.797. The quantitative estimate of drug-likeness (QED) is 0.846. The summed E-state index contributed by atoms with van der Waals surface area (Å²) in [6.45, 7) is 3.77. The summed E-state index contributed by atoms with van der Waals surface area (Å²) in [6, 6.07) is 9.38. The lowest BCUT2D eigenvalue weighted by Crippen LogP contribution is -2.40. The largest absolute Gasteiger partial charge is 0.384 e. The van der Waals surface area contributed by atoms with Crippen LogP contribution in [0.2, 0.25) is 5.02 Å². The van der Waals surface area contributed by atoms with Crippen molar-refractivity contribution < 1.29 is 9.90 Å². The van der Waals surface area contributed by atoms with Crippen LogP contribution in [0, 0.1) is 5.92 Å². The van der Waals surface area contributed by atoms with Gasteiger partial charge in [0.25, 0.3) is 0 Å². The van der Waals surface area contributed by atoms with Crippen LogP contribution in [0.25, 0.3) is 0 Å². The molecule has 0 aliphatic carbocycles. The van der Waals surface area contributed by atoms with E-state index in [0.717, 1.165) is 11.1 Å². The number of benzene rings is 1. The molecule has 0 saturated carbocycles. The molecule has 2 aromatic rings. The lowest BCUT2D eigenvalue weighted by molar-refractivity contribution is -0.125. The molecule has 3 nitrogen and oxygen atoms in total. The van der Waals surface area contributed by atoms with Gasteiger partial charge in [0.15, 0.2) is 0 Å². The van der Waals surface area contributed by atoms with Gasteiger partial charge in [0.05, 0.1) is 6.54 Å². The Hall–Kier alpha value is -1.36. The topological polar surface area (TPSA) is 49.3 Å². The van der Waals surface area contributed by atoms with Gasteiger partial charge in [-0.15, -0.1) is 0 Å². The van der Waals surface area contributed by atoms with Gasteiger partial charge in [0.1, 0.15) is 5.60 Å². The second-order valence-corrected chi connectivity index (χ2v) is 6.96. The number of rotatable bonds is 6. The molecular formula is C17H20ClNO2S. The third-order valence-electron chi connectivity index (χ3n) is 3.63. The fraction of sp³-hybridized carbons (Fsp3) is 0.353. The zero-order valence-electron chi connectivity index (χ0n) is 12.7. The summed E-state index contributed by atoms with van der Waals surface area (Å²) in [7, 11) is 0. The molecule has 2 atom stereocenters. The van der Waals surface area contributed by atoms with E-state index in [1.54, 1.807) is 6.92 Å². The first-order valence-corrected chi connectivity index (χ1v) is 8.48. The standard InChI is InChI=1S/C17H20ClNO2S/c1-12(8-13-4-3-5-15(18)9-13)16(20)19-11-17(2,21)14-6-7-22-10-14/h3-7,9-10,12,21H,8,11H2,1-2H3,(H,19,20). The highest BCUT2D eigenvalue weighted by molar-refractivity contribution is 7.08. The van der Waals surface area contributed by atoms with Crippen molar-refractivity contribution in [2.45, 2.75) is 25.9 Å². The van der Waals surface area contributed by atoms with Crippen LogP contribution in [0.15, 0.2) is 41.1 Å². The van der Waals surface area contributed by atoms with Crippen LogP contribution in [0.1, 0.15) is 25.0 Å². The number of nitrogens with one attached hydrogen (secondary N) is 1. The van der Waals surface area contributed by atoms with Crippen molar-refractivity contribution in [2.24, 2.45) is 5.92 Å². The summed E-state index contributed by atoms with van der Waals surface area (Å²) in [5.74, 6) is -0.257. The minimum absolute atomic E-state index is 0.0736. The molecule has 5 heteroatoms. The number of amides is 1. The Morgan fingerprint density at radius 2 is 2.23 bits per heavy atom. The lowest BCUT2D eigenvalue weighted by Gasteiger charge is -2.24. The van der Waals surface area contributed by atoms with E-state index in [1.807, 2.05) is 48.0 Å². The molecule has 0 aliphatic rings. The molecular weight excluding hydrogens is 318 g/mol. The first kappa shape index (κ1) is 17.0. The molecule has 0 bridgehead atoms. The fourth-order valence-electron chi connectivity index (χ4n) is 2.22. The molecule has 0 saturated heterocycles. The molecule has 2 N–H and O–H groups in total. The van der Waals surface area contributed by atoms with Gasteiger partial charge in [-0.1, -0.05) is 30.7 Å². The van der Waals surface area contributed by atoms with Crippen molar-refractivity contribution in [1.29, 1.82) is 0 Å². The Morgan fingerprint density at radius 1 is 1.45 bits per heavy atom. The first-order valence-electron chi connectivity index (χ1n) is 7.16. The molecule has 0 radical (unpaired) electrons. The first-order chi connectivity index (χ1) is 10.4. The molecule has 0 fully saturated rings. The van der Waals surface area contributed by atoms with Gasteiger partial charge in [-0.3, -0.25) is 4.79 Å². The summed E-state index contributed by atoms with van der Waals surface area (Å²) in [4.78, 5) is 12.2. The summed E-state index contributed by atoms with van der Waals surface area (Å²) >= 11 is 7.48. The van der Waals surface area contributed by atoms with E-state index in [9.17, 15) is 9.90 Å². The predicted molar refractivity (Wildman–Crippen MR) is 91.2 cm³/mol. The molecule has 2 rings (SSSR count). The van der Waals surface area contributed by atoms with E-state index >= 15 is 0 Å². The van der Waals surface area contributed by atoms with E-state index in [0.29, 0.717) is 11.4 Å². The van der Waals surface area contributed by atoms with Crippen LogP contribution >= 0.6 is 22.9 Å². The molecule has 1 aromatic carbocycles. The van der Waals surface area contributed by atoms with Crippen LogP contribution in [-0.4, -0.2) is 17.6 Å². The van der Waals surface area contributed by atoms with Gasteiger partial charge in [0.2, 0.25) is 5.91 Å². The summed E-state index contributed by atoms with van der Waals surface area (Å²) in [6.07, 6.45) is 0.618. The average molecular weight is 338 g/mol. The van der Waals surface area contributed by atoms with Gasteiger partial charge >= 0.3 is 0 Å². The van der Waals surface area contributed by atoms with E-state index in [1.165, 1.54) is 11.3 Å². The number of hydrogen-bond donors (Lipinski definition) is 2. The van der Waals surface area contributed by atoms with Crippen LogP contribution in [0.5, 0.6) is 0 Å². The van der Waals surface area contributed by atoms with Crippen molar-refractivity contribution in [3.05, 3.63) is 57.2 Å². The van der Waals surface area contributed by atoms with E-state index < -0.39 is 5.60 Å². The van der Waals surface area contributed by atoms with Crippen LogP contribution in [0.4, 0.5) is 0 Å². The maximum atomic E-state index is 12.2. The number of halogens is 1. The molecule has 1 heterocycles. The van der Waals surface area contributed by atoms with Crippen molar-refractivity contribution >= 4 is 28.8 Å². The average Bonchev–Trinajstić information content (AvgIpc) is 3.00. The molecule has 22 heavy (non-hydrogen) atoms. The van der Waals surface area contributed by atoms with Gasteiger partial charge in [0, 0.05) is 10.9 Å². The van der Waals surface area contributed by atoms with Gasteiger partial charge in [-0.05, 0) is 53.4 Å². The number of carbonyl (C=O) groups is 1. The van der Waals surface area contributed by atoms with Crippen LogP contribution in [0.3, 0.4) is 0 Å². The molecule has 1 aromatic heterocycles. The number of carbonyl (C=O) groups excluding carboxylic acids is 1. The lowest BCUT2D eigenvalue weighted by atomic mass is 9.97. The number of aliphatic hydroxyl groups is 1. The van der Waals surface area contributed by atoms with E-state index in [-0.39, 0.29) is 18.4 Å². The Kier molecular flexibility index (Phi) is 5.62. The minimum atomic E-state index is -1.05. The normalized spacial score (nSPS) is 15.1. The summed E-state index contributed by atoms with van der Waals surface area (Å²) < 4.78 is 0. The van der Waals surface area contributed by atoms with E-state index in [2.05, 4.69) is 5.32 Å². The Labute approximate surface area is 139 Å². The summed E-state index contributed by atoms with van der Waals surface area (Å²) in [5, 5.41) is 17.7. The highest BCUT2D eigenvalue weighted by Gasteiger charge is 2.25. The smallest absolute Gasteiger partial charge is 0.223 e. The zero-order valence-corrected chi connectivity index (χ0v) is 14.2. The van der Waals surface area contributed by atoms with Crippen molar-refractivity contribution in [3.63, 3.8) is 0 Å². The third kappa shape index (κ3) is 4.57. The van der Waals surface area contributed by atoms with Gasteiger partial charge < -0.3 is 10.4 Å². The highest BCUT2D eigenvalue weighted by Crippen LogP contribution is 2.22. The fourth-order valence-corrected chi connectivity index (χ4v) is 3.21. The Morgan fingerprint density at radius 3 is 2.86 bits per heavy atom. The second-order valence-electron chi connectivity index (χ2n) is 5.74. The molecule has 2 unspecified atom stereocenters. The van der Waals surface area contributed by atoms with Crippen molar-refractivity contribution in [2.75, 3.05) is 6.54 Å². The van der Waals surface area contributed by atoms with Crippen LogP contribution < -0.4 is 5.32 Å².